The lowest BCUT2D eigenvalue weighted by Crippen LogP contribution is -2.37. The molecule has 3 N–H and O–H groups in total. The first-order chi connectivity index (χ1) is 8.29. The van der Waals surface area contributed by atoms with E-state index >= 15 is 0 Å². The number of esters is 1. The number of nitrogens with two attached hydrogens (primary N) is 1. The molecule has 18 heavy (non-hydrogen) atoms. The SMILES string of the molecule is CCOC(C)=O.NC(=O)n1cc(F)c(=O)[nH]c1=O. The number of primary amides is 1. The molecule has 0 bridgehead atoms. The molecule has 1 aromatic rings. The van der Waals surface area contributed by atoms with Crippen LogP contribution in [0.2, 0.25) is 0 Å². The highest BCUT2D eigenvalue weighted by Crippen LogP contribution is 1.81. The minimum Gasteiger partial charge on any atom is -0.466 e. The molecule has 0 aliphatic heterocycles. The number of amides is 1. The number of carbonyl (C=O) groups excluding carboxylic acids is 2. The summed E-state index contributed by atoms with van der Waals surface area (Å²) in [6.07, 6.45) is 0.434. The number of carbonyl (C=O) groups is 2. The van der Waals surface area contributed by atoms with Gasteiger partial charge >= 0.3 is 17.7 Å². The Balaban J connectivity index is 0.000000411. The van der Waals surface area contributed by atoms with Gasteiger partial charge in [-0.1, -0.05) is 0 Å². The summed E-state index contributed by atoms with van der Waals surface area (Å²) in [5, 5.41) is 0. The van der Waals surface area contributed by atoms with Crippen LogP contribution in [0.15, 0.2) is 15.8 Å². The molecule has 0 saturated carbocycles. The maximum Gasteiger partial charge on any atom is 0.336 e. The van der Waals surface area contributed by atoms with Crippen LogP contribution in [-0.4, -0.2) is 28.2 Å². The smallest absolute Gasteiger partial charge is 0.336 e. The molecule has 100 valence electrons. The van der Waals surface area contributed by atoms with Crippen molar-refractivity contribution in [1.29, 1.82) is 0 Å². The van der Waals surface area contributed by atoms with Crippen LogP contribution in [0.5, 0.6) is 0 Å². The summed E-state index contributed by atoms with van der Waals surface area (Å²) >= 11 is 0. The van der Waals surface area contributed by atoms with E-state index in [1.807, 2.05) is 0 Å². The van der Waals surface area contributed by atoms with Gasteiger partial charge in [-0.25, -0.2) is 14.2 Å². The monoisotopic (exact) mass is 261 g/mol. The van der Waals surface area contributed by atoms with Crippen LogP contribution in [0.1, 0.15) is 13.8 Å². The Morgan fingerprint density at radius 3 is 2.39 bits per heavy atom. The molecule has 0 aromatic carbocycles. The van der Waals surface area contributed by atoms with Crippen LogP contribution in [0.4, 0.5) is 9.18 Å². The largest absolute Gasteiger partial charge is 0.466 e. The number of aromatic nitrogens is 2. The van der Waals surface area contributed by atoms with Gasteiger partial charge in [0, 0.05) is 6.92 Å². The predicted octanol–water partition coefficient (Wildman–Crippen LogP) is -0.828. The number of nitrogens with zero attached hydrogens (tertiary/aromatic N) is 1. The van der Waals surface area contributed by atoms with Crippen LogP contribution < -0.4 is 17.0 Å². The Bertz CT molecular complexity index is 548. The third-order valence-corrected chi connectivity index (χ3v) is 1.48. The summed E-state index contributed by atoms with van der Waals surface area (Å²) in [5.41, 5.74) is 2.42. The van der Waals surface area contributed by atoms with Gasteiger partial charge in [0.25, 0.3) is 5.56 Å². The molecular weight excluding hydrogens is 249 g/mol. The zero-order chi connectivity index (χ0) is 14.3. The molecule has 0 radical (unpaired) electrons. The number of hydrogen-bond acceptors (Lipinski definition) is 5. The lowest BCUT2D eigenvalue weighted by molar-refractivity contribution is -0.140. The van der Waals surface area contributed by atoms with Crippen LogP contribution in [0.25, 0.3) is 0 Å². The van der Waals surface area contributed by atoms with Crippen molar-refractivity contribution < 1.29 is 18.7 Å². The molecule has 0 fully saturated rings. The number of aromatic amines is 1. The molecular formula is C9H12FN3O5. The zero-order valence-electron chi connectivity index (χ0n) is 9.73. The number of rotatable bonds is 1. The van der Waals surface area contributed by atoms with Gasteiger partial charge < -0.3 is 10.5 Å². The Morgan fingerprint density at radius 2 is 2.06 bits per heavy atom. The summed E-state index contributed by atoms with van der Waals surface area (Å²) in [6.45, 7) is 3.65. The lowest BCUT2D eigenvalue weighted by Gasteiger charge is -1.96. The Kier molecular flexibility index (Phi) is 6.04. The summed E-state index contributed by atoms with van der Waals surface area (Å²) in [4.78, 5) is 42.9. The molecule has 0 aliphatic rings. The number of ether oxygens (including phenoxy) is 1. The standard InChI is InChI=1S/C5H4FN3O3.C4H8O2/c6-2-1-9(4(7)11)5(12)8-3(2)10;1-3-6-4(2)5/h1H,(H2,7,11)(H,8,10,12);3H2,1-2H3. The van der Waals surface area contributed by atoms with Gasteiger partial charge in [0.2, 0.25) is 5.82 Å². The molecule has 8 nitrogen and oxygen atoms in total. The van der Waals surface area contributed by atoms with Gasteiger partial charge in [0.1, 0.15) is 0 Å². The van der Waals surface area contributed by atoms with Crippen molar-refractivity contribution in [2.24, 2.45) is 5.73 Å². The minimum absolute atomic E-state index is 0.211. The molecule has 9 heteroatoms. The molecule has 0 aliphatic carbocycles. The maximum atomic E-state index is 12.4. The van der Waals surface area contributed by atoms with E-state index in [4.69, 9.17) is 0 Å². The Labute approximate surface area is 100 Å². The fraction of sp³-hybridized carbons (Fsp3) is 0.333. The predicted molar refractivity (Wildman–Crippen MR) is 58.6 cm³/mol. The molecule has 1 amide bonds. The van der Waals surface area contributed by atoms with E-state index in [-0.39, 0.29) is 10.5 Å². The highest BCUT2D eigenvalue weighted by molar-refractivity contribution is 5.74. The molecule has 1 rings (SSSR count). The number of halogens is 1. The number of hydrogen-bond donors (Lipinski definition) is 2. The number of H-pyrrole nitrogens is 1. The quantitative estimate of drug-likeness (QED) is 0.638. The first-order valence-corrected chi connectivity index (χ1v) is 4.74. The summed E-state index contributed by atoms with van der Waals surface area (Å²) in [7, 11) is 0. The lowest BCUT2D eigenvalue weighted by atomic mass is 10.6. The van der Waals surface area contributed by atoms with Crippen molar-refractivity contribution in [3.05, 3.63) is 32.9 Å². The second kappa shape index (κ2) is 6.99. The van der Waals surface area contributed by atoms with Crippen LogP contribution in [0, 0.1) is 5.82 Å². The molecule has 0 spiro atoms. The van der Waals surface area contributed by atoms with Crippen molar-refractivity contribution >= 4 is 12.0 Å². The molecule has 0 unspecified atom stereocenters. The van der Waals surface area contributed by atoms with Gasteiger partial charge in [-0.05, 0) is 6.92 Å². The average molecular weight is 261 g/mol. The topological polar surface area (TPSA) is 124 Å². The summed E-state index contributed by atoms with van der Waals surface area (Å²) < 4.78 is 17.1. The second-order valence-corrected chi connectivity index (χ2v) is 2.87. The van der Waals surface area contributed by atoms with Gasteiger partial charge in [-0.2, -0.15) is 4.39 Å². The summed E-state index contributed by atoms with van der Waals surface area (Å²) in [6, 6.07) is -1.16. The highest BCUT2D eigenvalue weighted by Gasteiger charge is 2.06. The van der Waals surface area contributed by atoms with Gasteiger partial charge in [0.15, 0.2) is 0 Å². The number of nitrogens with one attached hydrogen (secondary N) is 1. The van der Waals surface area contributed by atoms with E-state index in [0.29, 0.717) is 12.8 Å². The van der Waals surface area contributed by atoms with Crippen LogP contribution >= 0.6 is 0 Å². The fourth-order valence-electron chi connectivity index (χ4n) is 0.815. The molecule has 0 saturated heterocycles. The van der Waals surface area contributed by atoms with Crippen molar-refractivity contribution in [2.75, 3.05) is 6.61 Å². The van der Waals surface area contributed by atoms with E-state index in [1.165, 1.54) is 6.92 Å². The molecule has 0 atom stereocenters. The third-order valence-electron chi connectivity index (χ3n) is 1.48. The first-order valence-electron chi connectivity index (χ1n) is 4.74. The van der Waals surface area contributed by atoms with Crippen molar-refractivity contribution in [3.8, 4) is 0 Å². The summed E-state index contributed by atoms with van der Waals surface area (Å²) in [5.74, 6) is -1.45. The minimum atomic E-state index is -1.24. The maximum absolute atomic E-state index is 12.4. The second-order valence-electron chi connectivity index (χ2n) is 2.87. The van der Waals surface area contributed by atoms with Crippen LogP contribution in [0.3, 0.4) is 0 Å². The highest BCUT2D eigenvalue weighted by atomic mass is 19.1. The molecule has 1 aromatic heterocycles. The van der Waals surface area contributed by atoms with Gasteiger partial charge in [0.05, 0.1) is 12.8 Å². The Hall–Kier alpha value is -2.45. The van der Waals surface area contributed by atoms with Crippen molar-refractivity contribution in [2.45, 2.75) is 13.8 Å². The van der Waals surface area contributed by atoms with E-state index in [1.54, 1.807) is 11.9 Å². The van der Waals surface area contributed by atoms with E-state index in [9.17, 15) is 23.6 Å². The van der Waals surface area contributed by atoms with Gasteiger partial charge in [-0.15, -0.1) is 0 Å². The Morgan fingerprint density at radius 1 is 1.50 bits per heavy atom. The van der Waals surface area contributed by atoms with E-state index in [0.717, 1.165) is 0 Å². The van der Waals surface area contributed by atoms with Crippen LogP contribution in [-0.2, 0) is 9.53 Å². The average Bonchev–Trinajstić information content (AvgIpc) is 2.23. The fourth-order valence-corrected chi connectivity index (χ4v) is 0.815. The van der Waals surface area contributed by atoms with E-state index in [2.05, 4.69) is 10.5 Å². The van der Waals surface area contributed by atoms with Crippen molar-refractivity contribution in [3.63, 3.8) is 0 Å². The third kappa shape index (κ3) is 5.05. The zero-order valence-corrected chi connectivity index (χ0v) is 9.73. The normalized spacial score (nSPS) is 9.06. The van der Waals surface area contributed by atoms with Crippen molar-refractivity contribution in [1.82, 2.24) is 9.55 Å². The molecule has 1 heterocycles. The van der Waals surface area contributed by atoms with E-state index < -0.39 is 23.1 Å². The first kappa shape index (κ1) is 15.6. The van der Waals surface area contributed by atoms with Gasteiger partial charge in [-0.3, -0.25) is 14.6 Å².